The van der Waals surface area contributed by atoms with Crippen LogP contribution in [0, 0.1) is 0 Å². The van der Waals surface area contributed by atoms with Crippen molar-refractivity contribution in [2.24, 2.45) is 0 Å². The molecule has 0 aliphatic heterocycles. The molecule has 0 unspecified atom stereocenters. The summed E-state index contributed by atoms with van der Waals surface area (Å²) >= 11 is 0. The van der Waals surface area contributed by atoms with E-state index in [9.17, 15) is 4.79 Å². The van der Waals surface area contributed by atoms with Gasteiger partial charge in [0.1, 0.15) is 12.9 Å². The second-order valence-electron chi connectivity index (χ2n) is 2.30. The Morgan fingerprint density at radius 3 is 2.82 bits per heavy atom. The molecule has 0 radical (unpaired) electrons. The zero-order valence-electron chi connectivity index (χ0n) is 6.43. The molecule has 1 heterocycles. The summed E-state index contributed by atoms with van der Waals surface area (Å²) in [6, 6.07) is 0. The highest BCUT2D eigenvalue weighted by Crippen LogP contribution is 1.83. The highest BCUT2D eigenvalue weighted by Gasteiger charge is 2.04. The third-order valence-electron chi connectivity index (χ3n) is 1.19. The SMILES string of the molecule is CN(C)C(=O)Cn1cnnn1. The van der Waals surface area contributed by atoms with Crippen molar-refractivity contribution < 1.29 is 4.79 Å². The second kappa shape index (κ2) is 3.09. The van der Waals surface area contributed by atoms with Gasteiger partial charge in [0.05, 0.1) is 0 Å². The summed E-state index contributed by atoms with van der Waals surface area (Å²) < 4.78 is 1.38. The van der Waals surface area contributed by atoms with Gasteiger partial charge in [0.2, 0.25) is 5.91 Å². The molecule has 0 saturated carbocycles. The van der Waals surface area contributed by atoms with Crippen LogP contribution >= 0.6 is 0 Å². The zero-order chi connectivity index (χ0) is 8.27. The molecule has 6 nitrogen and oxygen atoms in total. The van der Waals surface area contributed by atoms with Gasteiger partial charge in [-0.25, -0.2) is 4.68 Å². The Balaban J connectivity index is 2.50. The van der Waals surface area contributed by atoms with Gasteiger partial charge in [-0.2, -0.15) is 0 Å². The van der Waals surface area contributed by atoms with E-state index in [-0.39, 0.29) is 12.5 Å². The Morgan fingerprint density at radius 1 is 1.64 bits per heavy atom. The van der Waals surface area contributed by atoms with Crippen LogP contribution in [0.4, 0.5) is 0 Å². The first-order valence-electron chi connectivity index (χ1n) is 3.11. The minimum absolute atomic E-state index is 0.0303. The van der Waals surface area contributed by atoms with Gasteiger partial charge in [0, 0.05) is 14.1 Å². The van der Waals surface area contributed by atoms with Crippen LogP contribution in [0.2, 0.25) is 0 Å². The summed E-state index contributed by atoms with van der Waals surface area (Å²) in [6.07, 6.45) is 1.40. The largest absolute Gasteiger partial charge is 0.347 e. The lowest BCUT2D eigenvalue weighted by molar-refractivity contribution is -0.129. The van der Waals surface area contributed by atoms with Gasteiger partial charge in [-0.1, -0.05) is 0 Å². The first-order valence-corrected chi connectivity index (χ1v) is 3.11. The van der Waals surface area contributed by atoms with Crippen molar-refractivity contribution in [3.8, 4) is 0 Å². The predicted octanol–water partition coefficient (Wildman–Crippen LogP) is -1.24. The molecule has 0 fully saturated rings. The van der Waals surface area contributed by atoms with Gasteiger partial charge in [0.15, 0.2) is 0 Å². The van der Waals surface area contributed by atoms with Crippen LogP contribution in [-0.2, 0) is 11.3 Å². The number of nitrogens with zero attached hydrogens (tertiary/aromatic N) is 5. The molecule has 0 spiro atoms. The van der Waals surface area contributed by atoms with E-state index in [2.05, 4.69) is 15.5 Å². The van der Waals surface area contributed by atoms with E-state index < -0.39 is 0 Å². The summed E-state index contributed by atoms with van der Waals surface area (Å²) in [6.45, 7) is 0.194. The number of likely N-dealkylation sites (N-methyl/N-ethyl adjacent to an activating group) is 1. The summed E-state index contributed by atoms with van der Waals surface area (Å²) in [7, 11) is 3.37. The lowest BCUT2D eigenvalue weighted by atomic mass is 10.5. The number of amides is 1. The second-order valence-corrected chi connectivity index (χ2v) is 2.30. The van der Waals surface area contributed by atoms with Crippen molar-refractivity contribution in [1.29, 1.82) is 0 Å². The molecule has 0 aliphatic carbocycles. The van der Waals surface area contributed by atoms with Gasteiger partial charge in [-0.3, -0.25) is 4.79 Å². The third-order valence-corrected chi connectivity index (χ3v) is 1.19. The van der Waals surface area contributed by atoms with Crippen molar-refractivity contribution in [1.82, 2.24) is 25.1 Å². The van der Waals surface area contributed by atoms with Crippen LogP contribution in [0.5, 0.6) is 0 Å². The molecule has 0 atom stereocenters. The average molecular weight is 155 g/mol. The molecule has 0 aromatic carbocycles. The van der Waals surface area contributed by atoms with Crippen LogP contribution in [0.1, 0.15) is 0 Å². The number of hydrogen-bond donors (Lipinski definition) is 0. The van der Waals surface area contributed by atoms with E-state index in [0.29, 0.717) is 0 Å². The number of hydrogen-bond acceptors (Lipinski definition) is 4. The summed E-state index contributed by atoms with van der Waals surface area (Å²) in [5, 5.41) is 10.3. The number of tetrazole rings is 1. The lowest BCUT2D eigenvalue weighted by Crippen LogP contribution is -2.26. The molecule has 1 amide bonds. The fourth-order valence-corrected chi connectivity index (χ4v) is 0.533. The van der Waals surface area contributed by atoms with E-state index in [0.717, 1.165) is 0 Å². The minimum Gasteiger partial charge on any atom is -0.347 e. The Hall–Kier alpha value is -1.46. The highest BCUT2D eigenvalue weighted by molar-refractivity contribution is 5.75. The molecule has 60 valence electrons. The van der Waals surface area contributed by atoms with Gasteiger partial charge in [0.25, 0.3) is 0 Å². The van der Waals surface area contributed by atoms with Gasteiger partial charge in [-0.15, -0.1) is 5.10 Å². The fourth-order valence-electron chi connectivity index (χ4n) is 0.533. The number of carbonyl (C=O) groups excluding carboxylic acids is 1. The summed E-state index contributed by atoms with van der Waals surface area (Å²) in [5.74, 6) is -0.0303. The van der Waals surface area contributed by atoms with Gasteiger partial charge < -0.3 is 4.90 Å². The maximum absolute atomic E-state index is 11.0. The molecule has 1 rings (SSSR count). The standard InChI is InChI=1S/C5H9N5O/c1-9(2)5(11)3-10-4-6-7-8-10/h4H,3H2,1-2H3. The van der Waals surface area contributed by atoms with Crippen LogP contribution in [0.25, 0.3) is 0 Å². The molecule has 0 N–H and O–H groups in total. The Labute approximate surface area is 63.8 Å². The zero-order valence-corrected chi connectivity index (χ0v) is 6.43. The van der Waals surface area contributed by atoms with Crippen molar-refractivity contribution in [3.05, 3.63) is 6.33 Å². The molecule has 0 saturated heterocycles. The van der Waals surface area contributed by atoms with Crippen LogP contribution in [0.3, 0.4) is 0 Å². The molecule has 1 aromatic rings. The summed E-state index contributed by atoms with van der Waals surface area (Å²) in [5.41, 5.74) is 0. The van der Waals surface area contributed by atoms with Crippen LogP contribution < -0.4 is 0 Å². The van der Waals surface area contributed by atoms with E-state index in [1.54, 1.807) is 14.1 Å². The molecule has 0 bridgehead atoms. The molecular formula is C5H9N5O. The maximum atomic E-state index is 11.0. The van der Waals surface area contributed by atoms with E-state index >= 15 is 0 Å². The highest BCUT2D eigenvalue weighted by atomic mass is 16.2. The quantitative estimate of drug-likeness (QED) is 0.536. The van der Waals surface area contributed by atoms with Crippen LogP contribution in [-0.4, -0.2) is 45.1 Å². The molecule has 6 heteroatoms. The van der Waals surface area contributed by atoms with Crippen LogP contribution in [0.15, 0.2) is 6.33 Å². The van der Waals surface area contributed by atoms with Crippen molar-refractivity contribution >= 4 is 5.91 Å². The Morgan fingerprint density at radius 2 is 2.36 bits per heavy atom. The normalized spacial score (nSPS) is 9.64. The average Bonchev–Trinajstić information content (AvgIpc) is 2.39. The summed E-state index contributed by atoms with van der Waals surface area (Å²) in [4.78, 5) is 12.5. The topological polar surface area (TPSA) is 63.9 Å². The smallest absolute Gasteiger partial charge is 0.243 e. The fraction of sp³-hybridized carbons (Fsp3) is 0.600. The third kappa shape index (κ3) is 1.99. The van der Waals surface area contributed by atoms with Gasteiger partial charge >= 0.3 is 0 Å². The van der Waals surface area contributed by atoms with E-state index in [1.165, 1.54) is 15.9 Å². The Kier molecular flexibility index (Phi) is 2.15. The van der Waals surface area contributed by atoms with E-state index in [1.807, 2.05) is 0 Å². The molecule has 0 aliphatic rings. The first kappa shape index (κ1) is 7.64. The monoisotopic (exact) mass is 155 g/mol. The number of aromatic nitrogens is 4. The molecule has 11 heavy (non-hydrogen) atoms. The number of carbonyl (C=O) groups is 1. The Bertz CT molecular complexity index is 229. The first-order chi connectivity index (χ1) is 5.20. The molecule has 1 aromatic heterocycles. The van der Waals surface area contributed by atoms with Crippen molar-refractivity contribution in [2.75, 3.05) is 14.1 Å². The number of rotatable bonds is 2. The predicted molar refractivity (Wildman–Crippen MR) is 36.5 cm³/mol. The molecular weight excluding hydrogens is 146 g/mol. The van der Waals surface area contributed by atoms with Crippen molar-refractivity contribution in [2.45, 2.75) is 6.54 Å². The maximum Gasteiger partial charge on any atom is 0.243 e. The lowest BCUT2D eigenvalue weighted by Gasteiger charge is -2.08. The van der Waals surface area contributed by atoms with Gasteiger partial charge in [-0.05, 0) is 10.4 Å². The van der Waals surface area contributed by atoms with E-state index in [4.69, 9.17) is 0 Å². The van der Waals surface area contributed by atoms with Crippen molar-refractivity contribution in [3.63, 3.8) is 0 Å². The minimum atomic E-state index is -0.0303.